The quantitative estimate of drug-likeness (QED) is 0.567. The van der Waals surface area contributed by atoms with E-state index >= 15 is 0 Å². The number of aliphatic hydroxyl groups is 1. The minimum atomic E-state index is -0.336. The molecule has 1 rings (SSSR count). The molecule has 0 amide bonds. The zero-order valence-corrected chi connectivity index (χ0v) is 6.70. The number of nitrogens with zero attached hydrogens (tertiary/aromatic N) is 1. The maximum Gasteiger partial charge on any atom is 0.0900 e. The van der Waals surface area contributed by atoms with Crippen molar-refractivity contribution in [2.45, 2.75) is 6.10 Å². The predicted octanol–water partition coefficient (Wildman–Crippen LogP) is -0.135. The fourth-order valence-corrected chi connectivity index (χ4v) is 1.20. The van der Waals surface area contributed by atoms with Crippen molar-refractivity contribution in [3.63, 3.8) is 0 Å². The molecule has 0 radical (unpaired) electrons. The van der Waals surface area contributed by atoms with Crippen molar-refractivity contribution in [1.29, 1.82) is 0 Å². The Hall–Kier alpha value is -0.380. The zero-order valence-electron chi connectivity index (χ0n) is 6.70. The molecule has 1 unspecified atom stereocenters. The summed E-state index contributed by atoms with van der Waals surface area (Å²) in [5, 5.41) is 9.29. The van der Waals surface area contributed by atoms with Crippen molar-refractivity contribution in [3.05, 3.63) is 12.7 Å². The summed E-state index contributed by atoms with van der Waals surface area (Å²) in [6, 6.07) is 0. The summed E-state index contributed by atoms with van der Waals surface area (Å²) >= 11 is 0. The van der Waals surface area contributed by atoms with Gasteiger partial charge in [-0.1, -0.05) is 6.08 Å². The van der Waals surface area contributed by atoms with E-state index in [1.165, 1.54) is 0 Å². The third kappa shape index (κ3) is 3.01. The van der Waals surface area contributed by atoms with Crippen LogP contribution >= 0.6 is 0 Å². The predicted molar refractivity (Wildman–Crippen MR) is 43.5 cm³/mol. The van der Waals surface area contributed by atoms with Gasteiger partial charge in [-0.15, -0.1) is 6.58 Å². The lowest BCUT2D eigenvalue weighted by molar-refractivity contribution is 0.0568. The molecule has 1 saturated heterocycles. The van der Waals surface area contributed by atoms with Crippen LogP contribution in [0.3, 0.4) is 0 Å². The lowest BCUT2D eigenvalue weighted by Crippen LogP contribution is -2.32. The molecule has 1 aliphatic rings. The average Bonchev–Trinajstić information content (AvgIpc) is 2.15. The van der Waals surface area contributed by atoms with Crippen molar-refractivity contribution in [2.24, 2.45) is 0 Å². The van der Waals surface area contributed by atoms with Gasteiger partial charge in [0.1, 0.15) is 0 Å². The molecule has 1 atom stereocenters. The number of β-amino-alcohol motifs (C(OH)–C–C–N with tert-alkyl or cyclic N) is 1. The van der Waals surface area contributed by atoms with Gasteiger partial charge in [-0.2, -0.15) is 0 Å². The third-order valence-electron chi connectivity index (χ3n) is 1.72. The topological polar surface area (TPSA) is 32.7 Å². The lowest BCUT2D eigenvalue weighted by Gasteiger charge is -2.18. The highest BCUT2D eigenvalue weighted by Crippen LogP contribution is 1.99. The molecular weight excluding hydrogens is 142 g/mol. The summed E-state index contributed by atoms with van der Waals surface area (Å²) < 4.78 is 5.16. The second-order valence-corrected chi connectivity index (χ2v) is 2.78. The standard InChI is InChI=1S/C8H15NO2/c1-2-3-9-4-5-11-7-8(10)6-9/h2,8,10H,1,3-7H2. The first kappa shape index (κ1) is 8.71. The van der Waals surface area contributed by atoms with Crippen LogP contribution in [-0.2, 0) is 4.74 Å². The van der Waals surface area contributed by atoms with E-state index in [0.29, 0.717) is 19.8 Å². The van der Waals surface area contributed by atoms with Gasteiger partial charge in [-0.3, -0.25) is 4.90 Å². The van der Waals surface area contributed by atoms with Gasteiger partial charge in [0, 0.05) is 19.6 Å². The first-order valence-electron chi connectivity index (χ1n) is 3.92. The van der Waals surface area contributed by atoms with Gasteiger partial charge in [0.2, 0.25) is 0 Å². The molecule has 1 heterocycles. The smallest absolute Gasteiger partial charge is 0.0900 e. The molecule has 1 fully saturated rings. The molecule has 11 heavy (non-hydrogen) atoms. The molecule has 1 aliphatic heterocycles. The molecular formula is C8H15NO2. The van der Waals surface area contributed by atoms with Crippen LogP contribution in [0.1, 0.15) is 0 Å². The first-order valence-corrected chi connectivity index (χ1v) is 3.92. The highest BCUT2D eigenvalue weighted by atomic mass is 16.5. The van der Waals surface area contributed by atoms with Crippen molar-refractivity contribution in [1.82, 2.24) is 4.90 Å². The molecule has 0 aliphatic carbocycles. The summed E-state index contributed by atoms with van der Waals surface area (Å²) in [4.78, 5) is 2.13. The third-order valence-corrected chi connectivity index (χ3v) is 1.72. The summed E-state index contributed by atoms with van der Waals surface area (Å²) in [6.07, 6.45) is 1.51. The van der Waals surface area contributed by atoms with E-state index in [0.717, 1.165) is 13.1 Å². The fourth-order valence-electron chi connectivity index (χ4n) is 1.20. The molecule has 0 aromatic rings. The summed E-state index contributed by atoms with van der Waals surface area (Å²) in [7, 11) is 0. The number of rotatable bonds is 2. The Morgan fingerprint density at radius 2 is 2.55 bits per heavy atom. The van der Waals surface area contributed by atoms with Gasteiger partial charge in [0.25, 0.3) is 0 Å². The van der Waals surface area contributed by atoms with Gasteiger partial charge in [-0.05, 0) is 0 Å². The minimum Gasteiger partial charge on any atom is -0.389 e. The molecule has 0 saturated carbocycles. The molecule has 1 N–H and O–H groups in total. The van der Waals surface area contributed by atoms with E-state index in [4.69, 9.17) is 4.74 Å². The van der Waals surface area contributed by atoms with Crippen LogP contribution in [0.15, 0.2) is 12.7 Å². The highest BCUT2D eigenvalue weighted by molar-refractivity contribution is 4.76. The SMILES string of the molecule is C=CCN1CCOCC(O)C1. The highest BCUT2D eigenvalue weighted by Gasteiger charge is 2.14. The van der Waals surface area contributed by atoms with Gasteiger partial charge >= 0.3 is 0 Å². The Morgan fingerprint density at radius 1 is 1.73 bits per heavy atom. The van der Waals surface area contributed by atoms with E-state index < -0.39 is 0 Å². The van der Waals surface area contributed by atoms with Crippen LogP contribution < -0.4 is 0 Å². The molecule has 0 aromatic carbocycles. The Kier molecular flexibility index (Phi) is 3.56. The van der Waals surface area contributed by atoms with E-state index in [1.807, 2.05) is 6.08 Å². The van der Waals surface area contributed by atoms with Crippen molar-refractivity contribution in [3.8, 4) is 0 Å². The largest absolute Gasteiger partial charge is 0.389 e. The van der Waals surface area contributed by atoms with E-state index in [1.54, 1.807) is 0 Å². The number of aliphatic hydroxyl groups excluding tert-OH is 1. The Balaban J connectivity index is 2.32. The van der Waals surface area contributed by atoms with Crippen molar-refractivity contribution >= 4 is 0 Å². The number of hydrogen-bond acceptors (Lipinski definition) is 3. The van der Waals surface area contributed by atoms with Crippen LogP contribution in [0.2, 0.25) is 0 Å². The van der Waals surface area contributed by atoms with E-state index in [9.17, 15) is 5.11 Å². The number of ether oxygens (including phenoxy) is 1. The summed E-state index contributed by atoms with van der Waals surface area (Å²) in [6.45, 7) is 7.25. The van der Waals surface area contributed by atoms with Crippen LogP contribution in [-0.4, -0.2) is 49.0 Å². The molecule has 64 valence electrons. The molecule has 3 nitrogen and oxygen atoms in total. The Labute approximate surface area is 67.3 Å². The van der Waals surface area contributed by atoms with Gasteiger partial charge < -0.3 is 9.84 Å². The number of hydrogen-bond donors (Lipinski definition) is 1. The van der Waals surface area contributed by atoms with Gasteiger partial charge in [0.15, 0.2) is 0 Å². The summed E-state index contributed by atoms with van der Waals surface area (Å²) in [5.41, 5.74) is 0. The van der Waals surface area contributed by atoms with Crippen molar-refractivity contribution < 1.29 is 9.84 Å². The van der Waals surface area contributed by atoms with Crippen LogP contribution in [0.25, 0.3) is 0 Å². The van der Waals surface area contributed by atoms with Crippen LogP contribution in [0, 0.1) is 0 Å². The monoisotopic (exact) mass is 157 g/mol. The second kappa shape index (κ2) is 4.49. The lowest BCUT2D eigenvalue weighted by atomic mass is 10.3. The van der Waals surface area contributed by atoms with E-state index in [2.05, 4.69) is 11.5 Å². The van der Waals surface area contributed by atoms with Crippen LogP contribution in [0.5, 0.6) is 0 Å². The maximum absolute atomic E-state index is 9.29. The first-order chi connectivity index (χ1) is 5.33. The van der Waals surface area contributed by atoms with Gasteiger partial charge in [-0.25, -0.2) is 0 Å². The van der Waals surface area contributed by atoms with Crippen molar-refractivity contribution in [2.75, 3.05) is 32.8 Å². The zero-order chi connectivity index (χ0) is 8.10. The molecule has 0 aromatic heterocycles. The Morgan fingerprint density at radius 3 is 3.27 bits per heavy atom. The fraction of sp³-hybridized carbons (Fsp3) is 0.750. The normalized spacial score (nSPS) is 27.9. The van der Waals surface area contributed by atoms with Gasteiger partial charge in [0.05, 0.1) is 19.3 Å². The van der Waals surface area contributed by atoms with E-state index in [-0.39, 0.29) is 6.10 Å². The maximum atomic E-state index is 9.29. The molecule has 0 spiro atoms. The minimum absolute atomic E-state index is 0.336. The second-order valence-electron chi connectivity index (χ2n) is 2.78. The average molecular weight is 157 g/mol. The Bertz CT molecular complexity index is 127. The molecule has 3 heteroatoms. The summed E-state index contributed by atoms with van der Waals surface area (Å²) in [5.74, 6) is 0. The molecule has 0 bridgehead atoms. The van der Waals surface area contributed by atoms with Crippen LogP contribution in [0.4, 0.5) is 0 Å².